The molecule has 0 atom stereocenters. The molecule has 2 N–H and O–H groups in total. The van der Waals surface area contributed by atoms with E-state index in [1.807, 2.05) is 17.7 Å². The molecule has 2 aromatic heterocycles. The number of nitrogens with two attached hydrogens (primary N) is 1. The van der Waals surface area contributed by atoms with Crippen LogP contribution >= 0.6 is 22.7 Å². The third-order valence-electron chi connectivity index (χ3n) is 1.54. The quantitative estimate of drug-likeness (QED) is 0.827. The summed E-state index contributed by atoms with van der Waals surface area (Å²) in [5, 5.41) is 6.04. The summed E-state index contributed by atoms with van der Waals surface area (Å²) in [7, 11) is 0. The molecule has 2 heterocycles. The predicted octanol–water partition coefficient (Wildman–Crippen LogP) is 2.08. The van der Waals surface area contributed by atoms with Gasteiger partial charge in [-0.05, 0) is 6.92 Å². The van der Waals surface area contributed by atoms with Crippen LogP contribution in [0, 0.1) is 6.92 Å². The van der Waals surface area contributed by atoms with E-state index in [1.165, 1.54) is 0 Å². The molecular weight excluding hydrogens is 202 g/mol. The summed E-state index contributed by atoms with van der Waals surface area (Å²) in [6.07, 6.45) is 0.806. The summed E-state index contributed by atoms with van der Waals surface area (Å²) in [6, 6.07) is 0. The molecule has 0 fully saturated rings. The predicted molar refractivity (Wildman–Crippen MR) is 56.2 cm³/mol. The van der Waals surface area contributed by atoms with Crippen molar-refractivity contribution >= 4 is 28.5 Å². The molecule has 0 spiro atoms. The Hall–Kier alpha value is -0.940. The third kappa shape index (κ3) is 2.05. The van der Waals surface area contributed by atoms with Gasteiger partial charge in [0.05, 0.1) is 11.4 Å². The largest absolute Gasteiger partial charge is 0.383 e. The first-order chi connectivity index (χ1) is 6.24. The average molecular weight is 211 g/mol. The molecule has 13 heavy (non-hydrogen) atoms. The van der Waals surface area contributed by atoms with Crippen LogP contribution in [0.1, 0.15) is 15.7 Å². The number of anilines is 1. The van der Waals surface area contributed by atoms with Crippen LogP contribution in [0.15, 0.2) is 10.8 Å². The van der Waals surface area contributed by atoms with Crippen molar-refractivity contribution in [3.8, 4) is 0 Å². The van der Waals surface area contributed by atoms with Crippen molar-refractivity contribution in [2.45, 2.75) is 13.3 Å². The summed E-state index contributed by atoms with van der Waals surface area (Å²) in [5.41, 5.74) is 6.59. The van der Waals surface area contributed by atoms with E-state index in [0.29, 0.717) is 5.82 Å². The molecule has 0 saturated carbocycles. The molecule has 0 amide bonds. The van der Waals surface area contributed by atoms with Crippen LogP contribution < -0.4 is 5.73 Å². The molecule has 5 heteroatoms. The van der Waals surface area contributed by atoms with E-state index < -0.39 is 0 Å². The molecule has 0 aliphatic heterocycles. The molecule has 0 aliphatic carbocycles. The van der Waals surface area contributed by atoms with Crippen LogP contribution in [0.2, 0.25) is 0 Å². The van der Waals surface area contributed by atoms with E-state index in [4.69, 9.17) is 5.73 Å². The van der Waals surface area contributed by atoms with Crippen molar-refractivity contribution in [3.05, 3.63) is 26.5 Å². The van der Waals surface area contributed by atoms with E-state index in [9.17, 15) is 0 Å². The molecule has 0 saturated heterocycles. The summed E-state index contributed by atoms with van der Waals surface area (Å²) >= 11 is 3.25. The second-order valence-electron chi connectivity index (χ2n) is 2.73. The van der Waals surface area contributed by atoms with E-state index >= 15 is 0 Å². The fraction of sp³-hybridized carbons (Fsp3) is 0.250. The van der Waals surface area contributed by atoms with Crippen molar-refractivity contribution < 1.29 is 0 Å². The average Bonchev–Trinajstić information content (AvgIpc) is 2.62. The number of aryl methyl sites for hydroxylation is 1. The van der Waals surface area contributed by atoms with Crippen molar-refractivity contribution in [3.63, 3.8) is 0 Å². The van der Waals surface area contributed by atoms with Gasteiger partial charge in [0.15, 0.2) is 0 Å². The van der Waals surface area contributed by atoms with Crippen LogP contribution in [-0.2, 0) is 6.42 Å². The standard InChI is InChI=1S/C8H9N3S2/c1-5-3-12-7(10-5)2-8-11-6(9)4-13-8/h3-4H,2,9H2,1H3. The molecule has 0 bridgehead atoms. The van der Waals surface area contributed by atoms with Gasteiger partial charge < -0.3 is 5.73 Å². The first-order valence-corrected chi connectivity index (χ1v) is 5.61. The molecule has 0 aromatic carbocycles. The molecule has 2 aromatic rings. The topological polar surface area (TPSA) is 51.8 Å². The van der Waals surface area contributed by atoms with Gasteiger partial charge in [-0.3, -0.25) is 0 Å². The highest BCUT2D eigenvalue weighted by Gasteiger charge is 2.03. The second-order valence-corrected chi connectivity index (χ2v) is 4.61. The summed E-state index contributed by atoms with van der Waals surface area (Å²) in [6.45, 7) is 2.00. The van der Waals surface area contributed by atoms with Crippen molar-refractivity contribution in [1.82, 2.24) is 9.97 Å². The van der Waals surface area contributed by atoms with Crippen molar-refractivity contribution in [2.24, 2.45) is 0 Å². The second kappa shape index (κ2) is 3.43. The Bertz CT molecular complexity index is 367. The Morgan fingerprint density at radius 2 is 1.92 bits per heavy atom. The maximum atomic E-state index is 5.52. The summed E-state index contributed by atoms with van der Waals surface area (Å²) < 4.78 is 0. The zero-order valence-corrected chi connectivity index (χ0v) is 8.78. The minimum atomic E-state index is 0.605. The van der Waals surface area contributed by atoms with Gasteiger partial charge in [0, 0.05) is 16.5 Å². The van der Waals surface area contributed by atoms with Crippen LogP contribution in [0.3, 0.4) is 0 Å². The number of hydrogen-bond donors (Lipinski definition) is 1. The highest BCUT2D eigenvalue weighted by molar-refractivity contribution is 7.11. The zero-order chi connectivity index (χ0) is 9.26. The van der Waals surface area contributed by atoms with Crippen LogP contribution in [0.5, 0.6) is 0 Å². The number of thiazole rings is 2. The van der Waals surface area contributed by atoms with Gasteiger partial charge in [-0.2, -0.15) is 0 Å². The number of nitrogen functional groups attached to an aromatic ring is 1. The number of aromatic nitrogens is 2. The van der Waals surface area contributed by atoms with Crippen LogP contribution in [0.4, 0.5) is 5.82 Å². The highest BCUT2D eigenvalue weighted by atomic mass is 32.1. The molecule has 0 aliphatic rings. The van der Waals surface area contributed by atoms with Crippen molar-refractivity contribution in [1.29, 1.82) is 0 Å². The monoisotopic (exact) mass is 211 g/mol. The van der Waals surface area contributed by atoms with E-state index in [-0.39, 0.29) is 0 Å². The normalized spacial score (nSPS) is 10.5. The van der Waals surface area contributed by atoms with Gasteiger partial charge in [0.2, 0.25) is 0 Å². The molecule has 0 radical (unpaired) electrons. The van der Waals surface area contributed by atoms with E-state index in [2.05, 4.69) is 9.97 Å². The lowest BCUT2D eigenvalue weighted by molar-refractivity contribution is 1.08. The number of rotatable bonds is 2. The lowest BCUT2D eigenvalue weighted by Gasteiger charge is -1.88. The Morgan fingerprint density at radius 1 is 1.23 bits per heavy atom. The summed E-state index contributed by atoms with van der Waals surface area (Å²) in [5.74, 6) is 0.605. The molecular formula is C8H9N3S2. The smallest absolute Gasteiger partial charge is 0.134 e. The Labute approximate surface area is 84.3 Å². The molecule has 68 valence electrons. The maximum Gasteiger partial charge on any atom is 0.134 e. The lowest BCUT2D eigenvalue weighted by atomic mass is 10.4. The fourth-order valence-corrected chi connectivity index (χ4v) is 2.57. The number of nitrogens with zero attached hydrogens (tertiary/aromatic N) is 2. The first kappa shape index (κ1) is 8.65. The minimum Gasteiger partial charge on any atom is -0.383 e. The lowest BCUT2D eigenvalue weighted by Crippen LogP contribution is -1.88. The molecule has 0 unspecified atom stereocenters. The van der Waals surface area contributed by atoms with E-state index in [1.54, 1.807) is 22.7 Å². The van der Waals surface area contributed by atoms with E-state index in [0.717, 1.165) is 22.1 Å². The van der Waals surface area contributed by atoms with Crippen molar-refractivity contribution in [2.75, 3.05) is 5.73 Å². The van der Waals surface area contributed by atoms with Crippen LogP contribution in [0.25, 0.3) is 0 Å². The number of hydrogen-bond acceptors (Lipinski definition) is 5. The third-order valence-corrected chi connectivity index (χ3v) is 3.37. The fourth-order valence-electron chi connectivity index (χ4n) is 1.02. The van der Waals surface area contributed by atoms with Gasteiger partial charge in [-0.1, -0.05) is 0 Å². The Kier molecular flexibility index (Phi) is 2.28. The molecule has 2 rings (SSSR count). The highest BCUT2D eigenvalue weighted by Crippen LogP contribution is 2.18. The zero-order valence-electron chi connectivity index (χ0n) is 7.15. The van der Waals surface area contributed by atoms with Gasteiger partial charge in [0.1, 0.15) is 10.8 Å². The maximum absolute atomic E-state index is 5.52. The van der Waals surface area contributed by atoms with Gasteiger partial charge >= 0.3 is 0 Å². The minimum absolute atomic E-state index is 0.605. The SMILES string of the molecule is Cc1csc(Cc2nc(N)cs2)n1. The first-order valence-electron chi connectivity index (χ1n) is 3.85. The van der Waals surface area contributed by atoms with Gasteiger partial charge in [-0.15, -0.1) is 22.7 Å². The van der Waals surface area contributed by atoms with Crippen LogP contribution in [-0.4, -0.2) is 9.97 Å². The van der Waals surface area contributed by atoms with Gasteiger partial charge in [0.25, 0.3) is 0 Å². The molecule has 3 nitrogen and oxygen atoms in total. The Balaban J connectivity index is 2.14. The Morgan fingerprint density at radius 3 is 2.46 bits per heavy atom. The van der Waals surface area contributed by atoms with Gasteiger partial charge in [-0.25, -0.2) is 9.97 Å². The summed E-state index contributed by atoms with van der Waals surface area (Å²) in [4.78, 5) is 8.54.